The van der Waals surface area contributed by atoms with Gasteiger partial charge in [0.05, 0.1) is 27.7 Å². The van der Waals surface area contributed by atoms with Crippen LogP contribution in [0.1, 0.15) is 251 Å². The molecule has 0 aromatic heterocycles. The smallest absolute Gasteiger partial charge is 0.306 e. The van der Waals surface area contributed by atoms with Crippen molar-refractivity contribution in [3.05, 3.63) is 109 Å². The van der Waals surface area contributed by atoms with Gasteiger partial charge in [-0.2, -0.15) is 0 Å². The number of likely N-dealkylation sites (N-methyl/N-ethyl adjacent to an activating group) is 1. The molecule has 10 heteroatoms. The van der Waals surface area contributed by atoms with E-state index in [-0.39, 0.29) is 26.1 Å². The number of nitrogens with zero attached hydrogens (tertiary/aromatic N) is 1. The SMILES string of the molecule is CC/C=C\C/C=C\C/C=C\C/C=C\C/C=C\C/C=C\C/C=C\CCCCCCCCCCCCCCCC(=O)OC(COC(=O)CCCCCCCCC/C=C\C/C=C\CCCCCC)COP(=O)([O-])OCC[N+](C)(C)C. The Labute approximate surface area is 474 Å². The van der Waals surface area contributed by atoms with E-state index >= 15 is 0 Å². The number of ether oxygens (including phenoxy) is 2. The van der Waals surface area contributed by atoms with Crippen molar-refractivity contribution in [2.45, 2.75) is 258 Å². The number of allylic oxidation sites excluding steroid dienone is 18. The topological polar surface area (TPSA) is 111 Å². The first-order chi connectivity index (χ1) is 37.5. The van der Waals surface area contributed by atoms with Crippen LogP contribution in [0.5, 0.6) is 0 Å². The molecular weight excluding hydrogens is 978 g/mol. The molecule has 0 N–H and O–H groups in total. The van der Waals surface area contributed by atoms with Gasteiger partial charge in [-0.3, -0.25) is 14.2 Å². The molecule has 0 radical (unpaired) electrons. The van der Waals surface area contributed by atoms with E-state index in [1.807, 2.05) is 21.1 Å². The third kappa shape index (κ3) is 61.7. The lowest BCUT2D eigenvalue weighted by Gasteiger charge is -2.28. The average molecular weight is 1090 g/mol. The van der Waals surface area contributed by atoms with Crippen molar-refractivity contribution >= 4 is 19.8 Å². The van der Waals surface area contributed by atoms with E-state index in [1.54, 1.807) is 0 Å². The third-order valence-electron chi connectivity index (χ3n) is 13.0. The van der Waals surface area contributed by atoms with Gasteiger partial charge in [0.1, 0.15) is 19.8 Å². The highest BCUT2D eigenvalue weighted by Crippen LogP contribution is 2.38. The molecule has 0 aliphatic carbocycles. The lowest BCUT2D eigenvalue weighted by molar-refractivity contribution is -0.870. The Hall–Kier alpha value is -3.33. The van der Waals surface area contributed by atoms with E-state index in [2.05, 4.69) is 123 Å². The second-order valence-electron chi connectivity index (χ2n) is 21.7. The summed E-state index contributed by atoms with van der Waals surface area (Å²) in [6.07, 6.45) is 80.0. The number of unbranched alkanes of at least 4 members (excludes halogenated alkanes) is 24. The summed E-state index contributed by atoms with van der Waals surface area (Å²) in [7, 11) is 1.15. The Morgan fingerprint density at radius 2 is 0.740 bits per heavy atom. The van der Waals surface area contributed by atoms with Gasteiger partial charge in [0.2, 0.25) is 0 Å². The molecule has 0 aliphatic rings. The van der Waals surface area contributed by atoms with Crippen LogP contribution in [0.25, 0.3) is 0 Å². The molecule has 0 fully saturated rings. The van der Waals surface area contributed by atoms with Crippen molar-refractivity contribution < 1.29 is 42.1 Å². The number of esters is 2. The number of hydrogen-bond acceptors (Lipinski definition) is 8. The first-order valence-electron chi connectivity index (χ1n) is 31.1. The Morgan fingerprint density at radius 3 is 1.10 bits per heavy atom. The lowest BCUT2D eigenvalue weighted by Crippen LogP contribution is -2.37. The van der Waals surface area contributed by atoms with E-state index in [9.17, 15) is 19.0 Å². The van der Waals surface area contributed by atoms with Gasteiger partial charge in [-0.15, -0.1) is 0 Å². The maximum atomic E-state index is 12.8. The minimum absolute atomic E-state index is 0.0364. The van der Waals surface area contributed by atoms with Crippen LogP contribution in [-0.2, 0) is 32.7 Å². The Kier molecular flexibility index (Phi) is 54.9. The van der Waals surface area contributed by atoms with Crippen molar-refractivity contribution in [2.75, 3.05) is 47.5 Å². The minimum Gasteiger partial charge on any atom is -0.756 e. The molecule has 0 spiro atoms. The summed E-state index contributed by atoms with van der Waals surface area (Å²) in [5.41, 5.74) is 0. The van der Waals surface area contributed by atoms with E-state index in [1.165, 1.54) is 116 Å². The summed E-state index contributed by atoms with van der Waals surface area (Å²) >= 11 is 0. The zero-order chi connectivity index (χ0) is 56.3. The van der Waals surface area contributed by atoms with Gasteiger partial charge < -0.3 is 27.9 Å². The molecule has 0 aromatic carbocycles. The van der Waals surface area contributed by atoms with Gasteiger partial charge in [0.25, 0.3) is 7.82 Å². The fraction of sp³-hybridized carbons (Fsp3) is 0.701. The van der Waals surface area contributed by atoms with Gasteiger partial charge in [-0.1, -0.05) is 245 Å². The van der Waals surface area contributed by atoms with Crippen molar-refractivity contribution in [3.8, 4) is 0 Å². The van der Waals surface area contributed by atoms with Gasteiger partial charge in [0.15, 0.2) is 6.10 Å². The largest absolute Gasteiger partial charge is 0.756 e. The monoisotopic (exact) mass is 1090 g/mol. The minimum atomic E-state index is -4.64. The number of carbonyl (C=O) groups excluding carboxylic acids is 2. The predicted octanol–water partition coefficient (Wildman–Crippen LogP) is 19.1. The molecule has 0 saturated carbocycles. The number of carbonyl (C=O) groups is 2. The highest BCUT2D eigenvalue weighted by Gasteiger charge is 2.22. The Balaban J connectivity index is 4.10. The molecule has 0 bridgehead atoms. The molecule has 0 aromatic rings. The molecule has 0 amide bonds. The van der Waals surface area contributed by atoms with E-state index in [4.69, 9.17) is 18.5 Å². The molecular formula is C67H116NO8P. The summed E-state index contributed by atoms with van der Waals surface area (Å²) in [6.45, 7) is 4.10. The van der Waals surface area contributed by atoms with E-state index < -0.39 is 32.5 Å². The van der Waals surface area contributed by atoms with Gasteiger partial charge in [-0.05, 0) is 103 Å². The second-order valence-corrected chi connectivity index (χ2v) is 23.1. The van der Waals surface area contributed by atoms with E-state index in [0.717, 1.165) is 103 Å². The van der Waals surface area contributed by atoms with Crippen LogP contribution in [0.15, 0.2) is 109 Å². The Bertz CT molecular complexity index is 1670. The van der Waals surface area contributed by atoms with Crippen LogP contribution < -0.4 is 4.89 Å². The lowest BCUT2D eigenvalue weighted by atomic mass is 10.0. The van der Waals surface area contributed by atoms with Crippen molar-refractivity contribution in [3.63, 3.8) is 0 Å². The maximum Gasteiger partial charge on any atom is 0.306 e. The highest BCUT2D eigenvalue weighted by molar-refractivity contribution is 7.45. The highest BCUT2D eigenvalue weighted by atomic mass is 31.2. The summed E-state index contributed by atoms with van der Waals surface area (Å²) < 4.78 is 34.2. The number of hydrogen-bond donors (Lipinski definition) is 0. The fourth-order valence-corrected chi connectivity index (χ4v) is 8.98. The third-order valence-corrected chi connectivity index (χ3v) is 14.0. The molecule has 0 heterocycles. The zero-order valence-electron chi connectivity index (χ0n) is 50.1. The molecule has 0 rings (SSSR count). The second kappa shape index (κ2) is 57.4. The van der Waals surface area contributed by atoms with Gasteiger partial charge in [-0.25, -0.2) is 0 Å². The molecule has 442 valence electrons. The number of rotatable bonds is 56. The van der Waals surface area contributed by atoms with Crippen LogP contribution in [0.4, 0.5) is 0 Å². The fourth-order valence-electron chi connectivity index (χ4n) is 8.25. The predicted molar refractivity (Wildman–Crippen MR) is 328 cm³/mol. The summed E-state index contributed by atoms with van der Waals surface area (Å²) in [5.74, 6) is -0.844. The number of phosphoric acid groups is 1. The van der Waals surface area contributed by atoms with Crippen LogP contribution in [0.3, 0.4) is 0 Å². The molecule has 2 atom stereocenters. The molecule has 77 heavy (non-hydrogen) atoms. The first kappa shape index (κ1) is 73.7. The van der Waals surface area contributed by atoms with Crippen molar-refractivity contribution in [2.24, 2.45) is 0 Å². The molecule has 9 nitrogen and oxygen atoms in total. The summed E-state index contributed by atoms with van der Waals surface area (Å²) in [6, 6.07) is 0. The van der Waals surface area contributed by atoms with Crippen LogP contribution >= 0.6 is 7.82 Å². The summed E-state index contributed by atoms with van der Waals surface area (Å²) in [4.78, 5) is 37.9. The average Bonchev–Trinajstić information content (AvgIpc) is 3.39. The normalized spacial score (nSPS) is 14.0. The number of phosphoric ester groups is 1. The first-order valence-corrected chi connectivity index (χ1v) is 32.6. The number of quaternary nitrogens is 1. The quantitative estimate of drug-likeness (QED) is 0.0195. The zero-order valence-corrected chi connectivity index (χ0v) is 51.0. The van der Waals surface area contributed by atoms with Crippen molar-refractivity contribution in [1.82, 2.24) is 0 Å². The summed E-state index contributed by atoms with van der Waals surface area (Å²) in [5, 5.41) is 0. The van der Waals surface area contributed by atoms with Gasteiger partial charge in [0, 0.05) is 12.8 Å². The maximum absolute atomic E-state index is 12.8. The standard InChI is InChI=1S/C67H116NO8P/c1-6-8-10-12-14-16-18-20-22-24-26-27-28-29-30-31-32-33-34-35-36-37-38-39-40-41-42-44-46-48-50-52-54-56-58-60-67(70)76-65(64-75-77(71,72)74-62-61-68(3,4)5)63-73-66(69)59-57-55-53-51-49-47-45-43-25-23-21-19-17-15-13-11-9-7-2/h8,10,14,16-17,19-20,22-23,25-27,29-30,32-33,35-36,65H,6-7,9,11-13,15,18,21,24,28,31,34,37-64H2,1-5H3/b10-8-,16-14-,19-17-,22-20-,25-23-,27-26-,30-29-,33-32-,36-35-. The van der Waals surface area contributed by atoms with Crippen LogP contribution in [-0.4, -0.2) is 70.0 Å². The van der Waals surface area contributed by atoms with Crippen LogP contribution in [0.2, 0.25) is 0 Å². The van der Waals surface area contributed by atoms with E-state index in [0.29, 0.717) is 17.4 Å². The molecule has 0 aliphatic heterocycles. The molecule has 0 saturated heterocycles. The van der Waals surface area contributed by atoms with Crippen molar-refractivity contribution in [1.29, 1.82) is 0 Å². The molecule has 2 unspecified atom stereocenters. The Morgan fingerprint density at radius 1 is 0.416 bits per heavy atom. The van der Waals surface area contributed by atoms with Gasteiger partial charge >= 0.3 is 11.9 Å². The van der Waals surface area contributed by atoms with Crippen LogP contribution in [0, 0.1) is 0 Å².